The topological polar surface area (TPSA) is 46.9 Å². The molecule has 0 aliphatic rings. The van der Waals surface area contributed by atoms with Gasteiger partial charge in [-0.1, -0.05) is 0 Å². The zero-order chi connectivity index (χ0) is 17.5. The van der Waals surface area contributed by atoms with Crippen LogP contribution >= 0.6 is 0 Å². The second-order valence-electron chi connectivity index (χ2n) is 4.33. The van der Waals surface area contributed by atoms with E-state index in [0.29, 0.717) is 10.7 Å². The van der Waals surface area contributed by atoms with Crippen LogP contribution in [0.15, 0.2) is 12.1 Å². The molecular weight excluding hydrogens is 335 g/mol. The quantitative estimate of drug-likeness (QED) is 0.673. The van der Waals surface area contributed by atoms with E-state index in [1.807, 2.05) is 0 Å². The summed E-state index contributed by atoms with van der Waals surface area (Å²) >= 11 is 0. The van der Waals surface area contributed by atoms with Gasteiger partial charge >= 0.3 is 6.18 Å². The van der Waals surface area contributed by atoms with E-state index < -0.39 is 52.4 Å². The highest BCUT2D eigenvalue weighted by molar-refractivity contribution is 6.03. The number of nitrogens with zero attached hydrogens (tertiary/aromatic N) is 2. The Kier molecular flexibility index (Phi) is 4.05. The number of benzene rings is 1. The van der Waals surface area contributed by atoms with Crippen LogP contribution in [0.25, 0.3) is 0 Å². The number of hydrogen-bond donors (Lipinski definition) is 1. The molecule has 2 aromatic rings. The summed E-state index contributed by atoms with van der Waals surface area (Å²) in [7, 11) is 0.891. The summed E-state index contributed by atoms with van der Waals surface area (Å²) in [5.74, 6) is -8.83. The Morgan fingerprint density at radius 2 is 1.61 bits per heavy atom. The van der Waals surface area contributed by atoms with Gasteiger partial charge in [0.1, 0.15) is 11.4 Å². The van der Waals surface area contributed by atoms with Crippen molar-refractivity contribution in [1.29, 1.82) is 0 Å². The summed E-state index contributed by atoms with van der Waals surface area (Å²) in [5.41, 5.74) is -3.61. The van der Waals surface area contributed by atoms with Crippen LogP contribution < -0.4 is 5.32 Å². The number of nitrogens with one attached hydrogen (secondary N) is 1. The van der Waals surface area contributed by atoms with Gasteiger partial charge in [0.05, 0.1) is 0 Å². The first-order chi connectivity index (χ1) is 10.5. The normalized spacial score (nSPS) is 11.7. The second-order valence-corrected chi connectivity index (χ2v) is 4.33. The Hall–Kier alpha value is -2.59. The van der Waals surface area contributed by atoms with Gasteiger partial charge in [0.15, 0.2) is 29.0 Å². The van der Waals surface area contributed by atoms with Crippen LogP contribution in [0.1, 0.15) is 16.2 Å². The second kappa shape index (κ2) is 5.56. The van der Waals surface area contributed by atoms with Gasteiger partial charge in [0, 0.05) is 19.2 Å². The molecule has 1 aromatic carbocycles. The third kappa shape index (κ3) is 3.12. The number of aromatic nitrogens is 2. The van der Waals surface area contributed by atoms with Crippen molar-refractivity contribution in [3.8, 4) is 0 Å². The first kappa shape index (κ1) is 16.8. The highest BCUT2D eigenvalue weighted by Gasteiger charge is 2.36. The number of alkyl halides is 3. The van der Waals surface area contributed by atoms with Crippen molar-refractivity contribution in [2.45, 2.75) is 6.18 Å². The lowest BCUT2D eigenvalue weighted by Crippen LogP contribution is -2.16. The minimum atomic E-state index is -4.82. The van der Waals surface area contributed by atoms with Crippen molar-refractivity contribution in [1.82, 2.24) is 9.78 Å². The number of anilines is 1. The minimum absolute atomic E-state index is 0.0805. The predicted octanol–water partition coefficient (Wildman–Crippen LogP) is 3.25. The lowest BCUT2D eigenvalue weighted by atomic mass is 10.2. The fourth-order valence-corrected chi connectivity index (χ4v) is 1.70. The molecule has 0 saturated carbocycles. The Labute approximate surface area is 123 Å². The van der Waals surface area contributed by atoms with Gasteiger partial charge in [-0.25, -0.2) is 17.6 Å². The molecule has 0 fully saturated rings. The molecule has 0 aliphatic carbocycles. The van der Waals surface area contributed by atoms with Crippen molar-refractivity contribution in [3.63, 3.8) is 0 Å². The van der Waals surface area contributed by atoms with Crippen LogP contribution in [0, 0.1) is 23.3 Å². The lowest BCUT2D eigenvalue weighted by Gasteiger charge is -2.07. The number of aryl methyl sites for hydroxylation is 1. The maximum atomic E-state index is 13.4. The number of hydrogen-bond acceptors (Lipinski definition) is 2. The van der Waals surface area contributed by atoms with Gasteiger partial charge in [-0.15, -0.1) is 0 Å². The summed E-state index contributed by atoms with van der Waals surface area (Å²) in [6.07, 6.45) is -4.82. The molecule has 4 nitrogen and oxygen atoms in total. The number of amides is 1. The minimum Gasteiger partial charge on any atom is -0.315 e. The molecule has 0 spiro atoms. The Balaban J connectivity index is 2.38. The van der Waals surface area contributed by atoms with Gasteiger partial charge < -0.3 is 5.32 Å². The Bertz CT molecular complexity index is 756. The van der Waals surface area contributed by atoms with Crippen molar-refractivity contribution >= 4 is 11.6 Å². The molecule has 1 heterocycles. The fraction of sp³-hybridized carbons (Fsp3) is 0.167. The van der Waals surface area contributed by atoms with E-state index in [1.165, 1.54) is 5.32 Å². The van der Waals surface area contributed by atoms with E-state index in [-0.39, 0.29) is 6.07 Å². The van der Waals surface area contributed by atoms with Crippen molar-refractivity contribution in [2.24, 2.45) is 7.05 Å². The molecule has 0 aliphatic heterocycles. The summed E-state index contributed by atoms with van der Waals surface area (Å²) in [6.45, 7) is 0. The number of carbonyl (C=O) groups is 1. The van der Waals surface area contributed by atoms with Gasteiger partial charge in [-0.2, -0.15) is 18.3 Å². The predicted molar refractivity (Wildman–Crippen MR) is 62.4 cm³/mol. The van der Waals surface area contributed by atoms with Crippen LogP contribution in [-0.4, -0.2) is 15.7 Å². The third-order valence-corrected chi connectivity index (χ3v) is 2.75. The smallest absolute Gasteiger partial charge is 0.315 e. The molecule has 1 N–H and O–H groups in total. The van der Waals surface area contributed by atoms with Crippen molar-refractivity contribution < 1.29 is 35.5 Å². The average molecular weight is 341 g/mol. The van der Waals surface area contributed by atoms with Crippen LogP contribution in [0.3, 0.4) is 0 Å². The lowest BCUT2D eigenvalue weighted by molar-refractivity contribution is -0.143. The molecule has 0 unspecified atom stereocenters. The van der Waals surface area contributed by atoms with E-state index in [1.54, 1.807) is 0 Å². The van der Waals surface area contributed by atoms with Crippen molar-refractivity contribution in [2.75, 3.05) is 5.32 Å². The Morgan fingerprint density at radius 3 is 2.04 bits per heavy atom. The van der Waals surface area contributed by atoms with E-state index in [9.17, 15) is 35.5 Å². The van der Waals surface area contributed by atoms with Gasteiger partial charge in [-0.3, -0.25) is 9.48 Å². The van der Waals surface area contributed by atoms with Crippen molar-refractivity contribution in [3.05, 3.63) is 46.8 Å². The molecule has 23 heavy (non-hydrogen) atoms. The zero-order valence-electron chi connectivity index (χ0n) is 11.1. The average Bonchev–Trinajstić information content (AvgIpc) is 2.83. The highest BCUT2D eigenvalue weighted by Crippen LogP contribution is 2.30. The summed E-state index contributed by atoms with van der Waals surface area (Å²) in [4.78, 5) is 11.7. The van der Waals surface area contributed by atoms with E-state index in [4.69, 9.17) is 0 Å². The van der Waals surface area contributed by atoms with Crippen LogP contribution in [0.5, 0.6) is 0 Å². The maximum absolute atomic E-state index is 13.4. The van der Waals surface area contributed by atoms with Crippen LogP contribution in [0.2, 0.25) is 0 Å². The van der Waals surface area contributed by atoms with E-state index in [2.05, 4.69) is 5.10 Å². The molecule has 0 saturated heterocycles. The maximum Gasteiger partial charge on any atom is 0.433 e. The van der Waals surface area contributed by atoms with E-state index in [0.717, 1.165) is 7.05 Å². The first-order valence-electron chi connectivity index (χ1n) is 5.78. The third-order valence-electron chi connectivity index (χ3n) is 2.75. The largest absolute Gasteiger partial charge is 0.433 e. The summed E-state index contributed by atoms with van der Waals surface area (Å²) in [6, 6.07) is 0.240. The van der Waals surface area contributed by atoms with Gasteiger partial charge in [0.2, 0.25) is 0 Å². The first-order valence-corrected chi connectivity index (χ1v) is 5.78. The summed E-state index contributed by atoms with van der Waals surface area (Å²) in [5, 5.41) is 4.69. The molecule has 11 heteroatoms. The molecular formula is C12H6F7N3O. The highest BCUT2D eigenvalue weighted by atomic mass is 19.4. The monoisotopic (exact) mass is 341 g/mol. The van der Waals surface area contributed by atoms with Crippen LogP contribution in [-0.2, 0) is 13.2 Å². The van der Waals surface area contributed by atoms with Crippen LogP contribution in [0.4, 0.5) is 36.4 Å². The molecule has 0 bridgehead atoms. The number of carbonyl (C=O) groups excluding carboxylic acids is 1. The summed E-state index contributed by atoms with van der Waals surface area (Å²) < 4.78 is 90.8. The number of halogens is 7. The molecule has 124 valence electrons. The standard InChI is InChI=1S/C12H6F7N3O/c1-22-7(12(17,18)19)3-6(21-22)11(23)20-10-8(15)4(13)2-5(14)9(10)16/h2-3H,1H3,(H,20,23). The molecule has 0 radical (unpaired) electrons. The SMILES string of the molecule is Cn1nc(C(=O)Nc2c(F)c(F)cc(F)c2F)cc1C(F)(F)F. The molecule has 0 atom stereocenters. The Morgan fingerprint density at radius 1 is 1.09 bits per heavy atom. The van der Waals surface area contributed by atoms with Gasteiger partial charge in [-0.05, 0) is 0 Å². The molecule has 1 amide bonds. The van der Waals surface area contributed by atoms with E-state index >= 15 is 0 Å². The molecule has 2 rings (SSSR count). The fourth-order valence-electron chi connectivity index (χ4n) is 1.70. The number of rotatable bonds is 2. The molecule has 1 aromatic heterocycles. The zero-order valence-corrected chi connectivity index (χ0v) is 11.1. The van der Waals surface area contributed by atoms with Gasteiger partial charge in [0.25, 0.3) is 5.91 Å².